The summed E-state index contributed by atoms with van der Waals surface area (Å²) in [6, 6.07) is 2.25. The Morgan fingerprint density at radius 2 is 1.87 bits per heavy atom. The summed E-state index contributed by atoms with van der Waals surface area (Å²) in [7, 11) is 0. The number of nitrogen functional groups attached to an aromatic ring is 1. The van der Waals surface area contributed by atoms with Crippen molar-refractivity contribution in [1.29, 1.82) is 0 Å². The highest BCUT2D eigenvalue weighted by molar-refractivity contribution is 7.99. The molecular weight excluding hydrogens is 230 g/mol. The number of hydrogen-bond acceptors (Lipinski definition) is 2. The van der Waals surface area contributed by atoms with Crippen LogP contribution in [0.25, 0.3) is 0 Å². The molecule has 1 unspecified atom stereocenters. The van der Waals surface area contributed by atoms with Gasteiger partial charge in [-0.15, -0.1) is 0 Å². The fraction of sp³-hybridized carbons (Fsp3) is 0.333. The average Bonchev–Trinajstić information content (AvgIpc) is 2.13. The van der Waals surface area contributed by atoms with Crippen LogP contribution in [0.5, 0.6) is 0 Å². The van der Waals surface area contributed by atoms with Crippen LogP contribution in [0.2, 0.25) is 0 Å². The molecule has 15 heavy (non-hydrogen) atoms. The number of halogens is 4. The molecule has 1 rings (SSSR count). The van der Waals surface area contributed by atoms with Gasteiger partial charge in [-0.05, 0) is 24.6 Å². The van der Waals surface area contributed by atoms with Gasteiger partial charge in [-0.1, -0.05) is 11.8 Å². The van der Waals surface area contributed by atoms with Crippen LogP contribution in [-0.2, 0) is 0 Å². The third-order valence-corrected chi connectivity index (χ3v) is 2.86. The largest absolute Gasteiger partial charge is 0.396 e. The third kappa shape index (κ3) is 3.02. The maximum absolute atomic E-state index is 12.9. The molecule has 1 aromatic rings. The molecule has 0 radical (unpaired) electrons. The highest BCUT2D eigenvalue weighted by Crippen LogP contribution is 2.32. The molecule has 0 heterocycles. The molecule has 2 N–H and O–H groups in total. The molecule has 0 aromatic heterocycles. The van der Waals surface area contributed by atoms with E-state index in [9.17, 15) is 17.6 Å². The van der Waals surface area contributed by atoms with E-state index in [1.54, 1.807) is 0 Å². The molecule has 0 saturated carbocycles. The number of aryl methyl sites for hydroxylation is 1. The second kappa shape index (κ2) is 4.74. The smallest absolute Gasteiger partial charge is 0.278 e. The van der Waals surface area contributed by atoms with E-state index in [1.165, 1.54) is 6.92 Å². The lowest BCUT2D eigenvalue weighted by Crippen LogP contribution is -2.07. The lowest BCUT2D eigenvalue weighted by atomic mass is 10.2. The Balaban J connectivity index is 2.91. The molecule has 0 saturated heterocycles. The van der Waals surface area contributed by atoms with E-state index in [0.717, 1.165) is 12.1 Å². The standard InChI is InChI=1S/C9H9F4NS/c1-4-2-5(10)6(14)3-7(4)15-9(13)8(11)12/h2-3,8-9H,14H2,1H3. The average molecular weight is 239 g/mol. The number of anilines is 1. The first-order valence-corrected chi connectivity index (χ1v) is 4.94. The Morgan fingerprint density at radius 3 is 2.40 bits per heavy atom. The van der Waals surface area contributed by atoms with Gasteiger partial charge in [0.1, 0.15) is 5.82 Å². The number of nitrogens with two attached hydrogens (primary N) is 1. The van der Waals surface area contributed by atoms with E-state index >= 15 is 0 Å². The zero-order valence-electron chi connectivity index (χ0n) is 7.81. The Bertz CT molecular complexity index is 356. The molecule has 1 nitrogen and oxygen atoms in total. The summed E-state index contributed by atoms with van der Waals surface area (Å²) >= 11 is 0.338. The fourth-order valence-corrected chi connectivity index (χ4v) is 1.75. The second-order valence-electron chi connectivity index (χ2n) is 2.94. The highest BCUT2D eigenvalue weighted by Gasteiger charge is 2.21. The number of benzene rings is 1. The zero-order chi connectivity index (χ0) is 11.6. The van der Waals surface area contributed by atoms with Crippen molar-refractivity contribution >= 4 is 17.4 Å². The van der Waals surface area contributed by atoms with E-state index in [1.807, 2.05) is 0 Å². The van der Waals surface area contributed by atoms with Crippen molar-refractivity contribution in [3.8, 4) is 0 Å². The molecule has 84 valence electrons. The minimum atomic E-state index is -3.07. The molecular formula is C9H9F4NS. The van der Waals surface area contributed by atoms with Gasteiger partial charge in [0.15, 0.2) is 0 Å². The van der Waals surface area contributed by atoms with Crippen molar-refractivity contribution in [3.63, 3.8) is 0 Å². The van der Waals surface area contributed by atoms with Crippen molar-refractivity contribution < 1.29 is 17.6 Å². The van der Waals surface area contributed by atoms with Crippen LogP contribution < -0.4 is 5.73 Å². The quantitative estimate of drug-likeness (QED) is 0.497. The topological polar surface area (TPSA) is 26.0 Å². The minimum absolute atomic E-state index is 0.176. The first kappa shape index (κ1) is 12.2. The minimum Gasteiger partial charge on any atom is -0.396 e. The van der Waals surface area contributed by atoms with E-state index in [2.05, 4.69) is 0 Å². The summed E-state index contributed by atoms with van der Waals surface area (Å²) in [5, 5.41) is 0. The van der Waals surface area contributed by atoms with Gasteiger partial charge in [0.25, 0.3) is 6.43 Å². The van der Waals surface area contributed by atoms with Crippen molar-refractivity contribution in [2.45, 2.75) is 23.7 Å². The van der Waals surface area contributed by atoms with Gasteiger partial charge in [-0.2, -0.15) is 0 Å². The van der Waals surface area contributed by atoms with Gasteiger partial charge in [0.2, 0.25) is 5.50 Å². The Hall–Kier alpha value is -0.910. The maximum Gasteiger partial charge on any atom is 0.278 e. The lowest BCUT2D eigenvalue weighted by molar-refractivity contribution is 0.0953. The van der Waals surface area contributed by atoms with Crippen LogP contribution in [0.1, 0.15) is 5.56 Å². The van der Waals surface area contributed by atoms with Crippen molar-refractivity contribution in [1.82, 2.24) is 0 Å². The fourth-order valence-electron chi connectivity index (χ4n) is 0.968. The molecule has 0 amide bonds. The van der Waals surface area contributed by atoms with Crippen LogP contribution in [0.4, 0.5) is 23.2 Å². The van der Waals surface area contributed by atoms with Gasteiger partial charge < -0.3 is 5.73 Å². The van der Waals surface area contributed by atoms with Crippen LogP contribution in [0.3, 0.4) is 0 Å². The second-order valence-corrected chi connectivity index (χ2v) is 4.07. The van der Waals surface area contributed by atoms with E-state index < -0.39 is 17.7 Å². The molecule has 0 aliphatic carbocycles. The Labute approximate surface area is 88.7 Å². The van der Waals surface area contributed by atoms with Gasteiger partial charge in [0.05, 0.1) is 5.69 Å². The number of hydrogen-bond donors (Lipinski definition) is 1. The van der Waals surface area contributed by atoms with Crippen molar-refractivity contribution in [2.75, 3.05) is 5.73 Å². The molecule has 0 aliphatic rings. The molecule has 0 spiro atoms. The summed E-state index contributed by atoms with van der Waals surface area (Å²) in [5.74, 6) is -0.635. The summed E-state index contributed by atoms with van der Waals surface area (Å²) in [6.45, 7) is 1.50. The van der Waals surface area contributed by atoms with Gasteiger partial charge in [0, 0.05) is 4.90 Å². The van der Waals surface area contributed by atoms with Crippen LogP contribution in [-0.4, -0.2) is 11.9 Å². The molecule has 1 aromatic carbocycles. The third-order valence-electron chi connectivity index (χ3n) is 1.73. The molecule has 6 heteroatoms. The predicted octanol–water partition coefficient (Wildman–Crippen LogP) is 3.37. The monoisotopic (exact) mass is 239 g/mol. The number of alkyl halides is 3. The predicted molar refractivity (Wildman–Crippen MR) is 52.3 cm³/mol. The molecule has 0 bridgehead atoms. The van der Waals surface area contributed by atoms with E-state index in [-0.39, 0.29) is 10.6 Å². The maximum atomic E-state index is 12.9. The van der Waals surface area contributed by atoms with Crippen molar-refractivity contribution in [3.05, 3.63) is 23.5 Å². The molecule has 1 atom stereocenters. The zero-order valence-corrected chi connectivity index (χ0v) is 8.62. The van der Waals surface area contributed by atoms with Gasteiger partial charge >= 0.3 is 0 Å². The summed E-state index contributed by atoms with van der Waals surface area (Å²) in [5.41, 5.74) is 3.13. The Morgan fingerprint density at radius 1 is 1.27 bits per heavy atom. The highest BCUT2D eigenvalue weighted by atomic mass is 32.2. The van der Waals surface area contributed by atoms with Crippen molar-refractivity contribution in [2.24, 2.45) is 0 Å². The SMILES string of the molecule is Cc1cc(F)c(N)cc1SC(F)C(F)F. The summed E-state index contributed by atoms with van der Waals surface area (Å²) in [4.78, 5) is 0.224. The Kier molecular flexibility index (Phi) is 3.84. The summed E-state index contributed by atoms with van der Waals surface area (Å²) < 4.78 is 49.4. The van der Waals surface area contributed by atoms with Gasteiger partial charge in [-0.25, -0.2) is 17.6 Å². The molecule has 0 aliphatic heterocycles. The number of rotatable bonds is 3. The van der Waals surface area contributed by atoms with Crippen LogP contribution >= 0.6 is 11.8 Å². The normalized spacial score (nSPS) is 13.2. The summed E-state index contributed by atoms with van der Waals surface area (Å²) in [6.07, 6.45) is -3.07. The first-order valence-electron chi connectivity index (χ1n) is 4.06. The van der Waals surface area contributed by atoms with Crippen LogP contribution in [0, 0.1) is 12.7 Å². The van der Waals surface area contributed by atoms with Crippen LogP contribution in [0.15, 0.2) is 17.0 Å². The first-order chi connectivity index (χ1) is 6.91. The van der Waals surface area contributed by atoms with E-state index in [0.29, 0.717) is 17.3 Å². The number of thioether (sulfide) groups is 1. The molecule has 0 fully saturated rings. The van der Waals surface area contributed by atoms with Gasteiger partial charge in [-0.3, -0.25) is 0 Å². The van der Waals surface area contributed by atoms with E-state index in [4.69, 9.17) is 5.73 Å². The lowest BCUT2D eigenvalue weighted by Gasteiger charge is -2.10.